The van der Waals surface area contributed by atoms with Gasteiger partial charge in [-0.05, 0) is 48.7 Å². The number of hydrogen-bond acceptors (Lipinski definition) is 3. The number of carbonyl (C=O) groups is 1. The lowest BCUT2D eigenvalue weighted by molar-refractivity contribution is 0.207. The van der Waals surface area contributed by atoms with Crippen LogP contribution >= 0.6 is 0 Å². The Hall–Kier alpha value is -4.13. The predicted molar refractivity (Wildman–Crippen MR) is 152 cm³/mol. The van der Waals surface area contributed by atoms with Crippen LogP contribution in [0, 0.1) is 5.92 Å². The van der Waals surface area contributed by atoms with Crippen LogP contribution in [-0.4, -0.2) is 36.8 Å². The number of hydrogen-bond donors (Lipinski definition) is 2. The molecule has 0 aromatic heterocycles. The van der Waals surface area contributed by atoms with Crippen molar-refractivity contribution >= 4 is 34.8 Å². The van der Waals surface area contributed by atoms with Crippen molar-refractivity contribution in [3.8, 4) is 0 Å². The fourth-order valence-corrected chi connectivity index (χ4v) is 5.18. The van der Waals surface area contributed by atoms with Gasteiger partial charge in [0.15, 0.2) is 5.96 Å². The maximum atomic E-state index is 14.2. The van der Waals surface area contributed by atoms with E-state index in [2.05, 4.69) is 21.7 Å². The number of urea groups is 1. The average Bonchev–Trinajstić information content (AvgIpc) is 3.07. The molecule has 3 aromatic rings. The maximum Gasteiger partial charge on any atom is 0.349 e. The second kappa shape index (κ2) is 11.3. The molecule has 5 rings (SSSR count). The lowest BCUT2D eigenvalue weighted by atomic mass is 9.83. The van der Waals surface area contributed by atoms with Crippen LogP contribution in [0.25, 0.3) is 0 Å². The third-order valence-electron chi connectivity index (χ3n) is 7.08. The molecule has 1 saturated carbocycles. The van der Waals surface area contributed by atoms with Crippen LogP contribution in [0.5, 0.6) is 0 Å². The second-order valence-corrected chi connectivity index (χ2v) is 9.49. The van der Waals surface area contributed by atoms with E-state index in [4.69, 9.17) is 5.10 Å². The van der Waals surface area contributed by atoms with Crippen LogP contribution in [0.15, 0.2) is 89.0 Å². The largest absolute Gasteiger partial charge is 0.359 e. The fraction of sp³-hybridized carbons (Fsp3) is 0.300. The SMILES string of the molecule is CN=C(NC)Nc1ccc(N2C(=O)N(Cc3ccccc3)N=C(C3CCCCC3)c3ccccc32)cc1. The first kappa shape index (κ1) is 24.6. The van der Waals surface area contributed by atoms with E-state index in [0.29, 0.717) is 18.4 Å². The standard InChI is InChI=1S/C30H34N6O/c1-31-29(32-2)33-24-17-19-25(20-18-24)36-27-16-10-9-15-26(27)28(23-13-7-4-8-14-23)34-35(30(36)37)21-22-11-5-3-6-12-22/h3,5-6,9-12,15-20,23H,4,7-8,13-14,21H2,1-2H3,(H2,31,32,33). The van der Waals surface area contributed by atoms with Crippen molar-refractivity contribution in [2.45, 2.75) is 38.6 Å². The molecule has 0 atom stereocenters. The molecule has 0 bridgehead atoms. The van der Waals surface area contributed by atoms with Gasteiger partial charge in [0.2, 0.25) is 0 Å². The molecule has 1 heterocycles. The highest BCUT2D eigenvalue weighted by Crippen LogP contribution is 2.38. The third kappa shape index (κ3) is 5.35. The van der Waals surface area contributed by atoms with Gasteiger partial charge in [0, 0.05) is 31.3 Å². The van der Waals surface area contributed by atoms with Gasteiger partial charge in [-0.1, -0.05) is 67.8 Å². The highest BCUT2D eigenvalue weighted by molar-refractivity contribution is 6.13. The monoisotopic (exact) mass is 494 g/mol. The van der Waals surface area contributed by atoms with E-state index >= 15 is 0 Å². The van der Waals surface area contributed by atoms with E-state index in [-0.39, 0.29) is 6.03 Å². The molecule has 7 heteroatoms. The first-order chi connectivity index (χ1) is 18.2. The number of hydrazone groups is 1. The van der Waals surface area contributed by atoms with Gasteiger partial charge in [-0.25, -0.2) is 9.80 Å². The van der Waals surface area contributed by atoms with Gasteiger partial charge < -0.3 is 10.6 Å². The number of benzene rings is 3. The van der Waals surface area contributed by atoms with E-state index in [1.807, 2.05) is 79.8 Å². The maximum absolute atomic E-state index is 14.2. The van der Waals surface area contributed by atoms with Crippen molar-refractivity contribution in [1.82, 2.24) is 10.3 Å². The lowest BCUT2D eigenvalue weighted by Crippen LogP contribution is -2.36. The molecule has 1 fully saturated rings. The van der Waals surface area contributed by atoms with Crippen molar-refractivity contribution in [3.05, 3.63) is 90.0 Å². The van der Waals surface area contributed by atoms with Crippen LogP contribution in [0.2, 0.25) is 0 Å². The highest BCUT2D eigenvalue weighted by atomic mass is 16.2. The Morgan fingerprint density at radius 3 is 2.35 bits per heavy atom. The average molecular weight is 495 g/mol. The number of guanidine groups is 1. The smallest absolute Gasteiger partial charge is 0.349 e. The molecule has 0 radical (unpaired) electrons. The van der Waals surface area contributed by atoms with Crippen LogP contribution in [0.4, 0.5) is 21.9 Å². The summed E-state index contributed by atoms with van der Waals surface area (Å²) < 4.78 is 0. The predicted octanol–water partition coefficient (Wildman–Crippen LogP) is 6.36. The molecule has 0 spiro atoms. The topological polar surface area (TPSA) is 72.3 Å². The Balaban J connectivity index is 1.57. The minimum absolute atomic E-state index is 0.158. The van der Waals surface area contributed by atoms with Crippen molar-refractivity contribution in [1.29, 1.82) is 0 Å². The van der Waals surface area contributed by atoms with E-state index < -0.39 is 0 Å². The summed E-state index contributed by atoms with van der Waals surface area (Å²) in [5, 5.41) is 13.0. The van der Waals surface area contributed by atoms with Crippen LogP contribution in [0.3, 0.4) is 0 Å². The fourth-order valence-electron chi connectivity index (χ4n) is 5.18. The minimum atomic E-state index is -0.158. The normalized spacial score (nSPS) is 16.6. The molecule has 2 amide bonds. The van der Waals surface area contributed by atoms with E-state index in [1.54, 1.807) is 17.0 Å². The minimum Gasteiger partial charge on any atom is -0.359 e. The molecule has 0 unspecified atom stereocenters. The highest BCUT2D eigenvalue weighted by Gasteiger charge is 2.34. The summed E-state index contributed by atoms with van der Waals surface area (Å²) in [7, 11) is 3.55. The van der Waals surface area contributed by atoms with Gasteiger partial charge in [-0.15, -0.1) is 0 Å². The van der Waals surface area contributed by atoms with Gasteiger partial charge >= 0.3 is 6.03 Å². The first-order valence-electron chi connectivity index (χ1n) is 13.0. The van der Waals surface area contributed by atoms with Gasteiger partial charge in [-0.2, -0.15) is 5.10 Å². The van der Waals surface area contributed by atoms with Crippen molar-refractivity contribution in [2.24, 2.45) is 16.0 Å². The second-order valence-electron chi connectivity index (χ2n) is 9.49. The number of rotatable bonds is 5. The summed E-state index contributed by atoms with van der Waals surface area (Å²) in [5.74, 6) is 1.02. The zero-order valence-electron chi connectivity index (χ0n) is 21.5. The zero-order valence-corrected chi connectivity index (χ0v) is 21.5. The summed E-state index contributed by atoms with van der Waals surface area (Å²) in [6, 6.07) is 26.0. The van der Waals surface area contributed by atoms with Crippen molar-refractivity contribution in [2.75, 3.05) is 24.3 Å². The molecule has 2 N–H and O–H groups in total. The van der Waals surface area contributed by atoms with Crippen LogP contribution in [0.1, 0.15) is 43.2 Å². The molecule has 3 aromatic carbocycles. The number of fused-ring (bicyclic) bond motifs is 1. The molecule has 2 aliphatic rings. The molecule has 7 nitrogen and oxygen atoms in total. The number of nitrogens with zero attached hydrogens (tertiary/aromatic N) is 4. The molecule has 0 saturated heterocycles. The van der Waals surface area contributed by atoms with Gasteiger partial charge in [0.1, 0.15) is 0 Å². The van der Waals surface area contributed by atoms with Crippen molar-refractivity contribution < 1.29 is 4.79 Å². The van der Waals surface area contributed by atoms with E-state index in [9.17, 15) is 4.79 Å². The van der Waals surface area contributed by atoms with Gasteiger partial charge in [0.25, 0.3) is 0 Å². The Morgan fingerprint density at radius 1 is 0.946 bits per heavy atom. The molecule has 1 aliphatic heterocycles. The zero-order chi connectivity index (χ0) is 25.6. The third-order valence-corrected chi connectivity index (χ3v) is 7.08. The number of carbonyl (C=O) groups excluding carboxylic acids is 1. The number of para-hydroxylation sites is 1. The summed E-state index contributed by atoms with van der Waals surface area (Å²) in [6.45, 7) is 0.415. The summed E-state index contributed by atoms with van der Waals surface area (Å²) in [4.78, 5) is 20.2. The molecular formula is C30H34N6O. The van der Waals surface area contributed by atoms with E-state index in [1.165, 1.54) is 19.3 Å². The molecule has 190 valence electrons. The van der Waals surface area contributed by atoms with Crippen LogP contribution < -0.4 is 15.5 Å². The quantitative estimate of drug-likeness (QED) is 0.320. The van der Waals surface area contributed by atoms with E-state index in [0.717, 1.165) is 46.7 Å². The molecular weight excluding hydrogens is 460 g/mol. The summed E-state index contributed by atoms with van der Waals surface area (Å²) in [5.41, 5.74) is 5.66. The molecule has 1 aliphatic carbocycles. The van der Waals surface area contributed by atoms with Crippen LogP contribution in [-0.2, 0) is 6.54 Å². The number of amides is 2. The Morgan fingerprint density at radius 2 is 1.65 bits per heavy atom. The summed E-state index contributed by atoms with van der Waals surface area (Å²) in [6.07, 6.45) is 5.88. The Kier molecular flexibility index (Phi) is 7.49. The first-order valence-corrected chi connectivity index (χ1v) is 13.0. The van der Waals surface area contributed by atoms with Gasteiger partial charge in [0.05, 0.1) is 23.6 Å². The van der Waals surface area contributed by atoms with Gasteiger partial charge in [-0.3, -0.25) is 9.89 Å². The Bertz CT molecular complexity index is 1280. The summed E-state index contributed by atoms with van der Waals surface area (Å²) >= 11 is 0. The number of aliphatic imine (C=N–C) groups is 1. The molecule has 37 heavy (non-hydrogen) atoms. The number of anilines is 3. The van der Waals surface area contributed by atoms with Crippen molar-refractivity contribution in [3.63, 3.8) is 0 Å². The number of nitrogens with one attached hydrogen (secondary N) is 2. The lowest BCUT2D eigenvalue weighted by Gasteiger charge is -2.27. The Labute approximate surface area is 218 Å².